The van der Waals surface area contributed by atoms with Crippen LogP contribution in [0, 0.1) is 13.8 Å². The van der Waals surface area contributed by atoms with Crippen molar-refractivity contribution in [3.05, 3.63) is 71.3 Å². The number of anilines is 1. The van der Waals surface area contributed by atoms with Gasteiger partial charge in [-0.1, -0.05) is 52.5 Å². The van der Waals surface area contributed by atoms with Gasteiger partial charge in [0.15, 0.2) is 11.6 Å². The molecule has 8 heteroatoms. The lowest BCUT2D eigenvalue weighted by Gasteiger charge is -2.11. The van der Waals surface area contributed by atoms with Crippen LogP contribution >= 0.6 is 34.8 Å². The molecule has 0 unspecified atom stereocenters. The van der Waals surface area contributed by atoms with E-state index >= 15 is 0 Å². The van der Waals surface area contributed by atoms with Crippen LogP contribution in [0.25, 0.3) is 11.4 Å². The molecule has 0 spiro atoms. The van der Waals surface area contributed by atoms with E-state index in [9.17, 15) is 4.79 Å². The molecule has 138 valence electrons. The number of aromatic nitrogens is 3. The molecule has 1 amide bonds. The lowest BCUT2D eigenvalue weighted by Crippen LogP contribution is -2.12. The number of hydrogen-bond acceptors (Lipinski definition) is 4. The average Bonchev–Trinajstić information content (AvgIpc) is 2.61. The minimum atomic E-state index is -1.73. The zero-order valence-corrected chi connectivity index (χ0v) is 16.8. The summed E-state index contributed by atoms with van der Waals surface area (Å²) in [5.74, 6) is 0.710. The van der Waals surface area contributed by atoms with Crippen molar-refractivity contribution in [3.63, 3.8) is 0 Å². The van der Waals surface area contributed by atoms with Gasteiger partial charge in [-0.2, -0.15) is 0 Å². The Morgan fingerprint density at radius 2 is 1.52 bits per heavy atom. The van der Waals surface area contributed by atoms with Crippen LogP contribution in [-0.4, -0.2) is 20.9 Å². The molecule has 0 aliphatic heterocycles. The van der Waals surface area contributed by atoms with Crippen molar-refractivity contribution in [2.45, 2.75) is 17.6 Å². The third kappa shape index (κ3) is 4.95. The minimum absolute atomic E-state index is 0.0618. The highest BCUT2D eigenvalue weighted by Gasteiger charge is 2.28. The van der Waals surface area contributed by atoms with Gasteiger partial charge in [0.25, 0.3) is 5.91 Å². The lowest BCUT2D eigenvalue weighted by atomic mass is 10.1. The molecular weight excluding hydrogens is 407 g/mol. The van der Waals surface area contributed by atoms with E-state index in [4.69, 9.17) is 34.8 Å². The second kappa shape index (κ2) is 7.80. The van der Waals surface area contributed by atoms with Gasteiger partial charge in [-0.15, -0.1) is 0 Å². The highest BCUT2D eigenvalue weighted by atomic mass is 35.6. The van der Waals surface area contributed by atoms with Crippen molar-refractivity contribution in [2.24, 2.45) is 0 Å². The quantitative estimate of drug-likeness (QED) is 0.588. The number of aryl methyl sites for hydroxylation is 2. The number of hydrogen-bond donors (Lipinski definition) is 1. The van der Waals surface area contributed by atoms with Crippen molar-refractivity contribution in [3.8, 4) is 11.4 Å². The zero-order valence-electron chi connectivity index (χ0n) is 14.5. The van der Waals surface area contributed by atoms with E-state index in [1.165, 1.54) is 0 Å². The Labute approximate surface area is 171 Å². The third-order valence-corrected chi connectivity index (χ3v) is 4.22. The van der Waals surface area contributed by atoms with Crippen molar-refractivity contribution in [2.75, 3.05) is 5.32 Å². The maximum Gasteiger partial charge on any atom is 0.255 e. The fraction of sp³-hybridized carbons (Fsp3) is 0.158. The molecule has 1 N–H and O–H groups in total. The second-order valence-electron chi connectivity index (χ2n) is 5.93. The number of benzene rings is 2. The van der Waals surface area contributed by atoms with Crippen LogP contribution in [0.15, 0.2) is 48.5 Å². The molecule has 0 aliphatic carbocycles. The van der Waals surface area contributed by atoms with Crippen LogP contribution in [0.1, 0.15) is 27.6 Å². The first kappa shape index (κ1) is 19.5. The first-order valence-electron chi connectivity index (χ1n) is 8.01. The number of alkyl halides is 3. The van der Waals surface area contributed by atoms with Crippen LogP contribution in [0.5, 0.6) is 0 Å². The van der Waals surface area contributed by atoms with Crippen molar-refractivity contribution in [1.29, 1.82) is 0 Å². The summed E-state index contributed by atoms with van der Waals surface area (Å²) in [4.78, 5) is 24.8. The molecule has 3 aromatic rings. The SMILES string of the molecule is Cc1ccc(C(=O)Nc2ccc(-c3nc(C)nc(C(Cl)(Cl)Cl)n3)cc2)cc1. The Morgan fingerprint density at radius 3 is 2.11 bits per heavy atom. The predicted molar refractivity (Wildman–Crippen MR) is 108 cm³/mol. The van der Waals surface area contributed by atoms with Crippen molar-refractivity contribution >= 4 is 46.4 Å². The number of carbonyl (C=O) groups is 1. The Bertz CT molecular complexity index is 968. The predicted octanol–water partition coefficient (Wildman–Crippen LogP) is 5.23. The average molecular weight is 422 g/mol. The Balaban J connectivity index is 1.80. The van der Waals surface area contributed by atoms with Crippen LogP contribution < -0.4 is 5.32 Å². The van der Waals surface area contributed by atoms with Crippen LogP contribution in [-0.2, 0) is 3.79 Å². The summed E-state index contributed by atoms with van der Waals surface area (Å²) in [6, 6.07) is 14.4. The monoisotopic (exact) mass is 420 g/mol. The van der Waals surface area contributed by atoms with Gasteiger partial charge in [0.1, 0.15) is 5.82 Å². The molecule has 0 atom stereocenters. The van der Waals surface area contributed by atoms with Gasteiger partial charge in [-0.25, -0.2) is 15.0 Å². The van der Waals surface area contributed by atoms with Gasteiger partial charge < -0.3 is 5.32 Å². The lowest BCUT2D eigenvalue weighted by molar-refractivity contribution is 0.102. The maximum absolute atomic E-state index is 12.3. The molecule has 3 rings (SSSR count). The van der Waals surface area contributed by atoms with Gasteiger partial charge in [-0.3, -0.25) is 4.79 Å². The molecule has 0 fully saturated rings. The van der Waals surface area contributed by atoms with E-state index in [1.807, 2.05) is 19.1 Å². The van der Waals surface area contributed by atoms with Crippen LogP contribution in [0.3, 0.4) is 0 Å². The van der Waals surface area contributed by atoms with Gasteiger partial charge in [0, 0.05) is 16.8 Å². The zero-order chi connectivity index (χ0) is 19.6. The number of nitrogens with one attached hydrogen (secondary N) is 1. The molecule has 1 heterocycles. The summed E-state index contributed by atoms with van der Waals surface area (Å²) < 4.78 is -1.73. The Morgan fingerprint density at radius 1 is 0.889 bits per heavy atom. The second-order valence-corrected chi connectivity index (χ2v) is 8.21. The first-order chi connectivity index (χ1) is 12.7. The van der Waals surface area contributed by atoms with Crippen molar-refractivity contribution < 1.29 is 4.79 Å². The summed E-state index contributed by atoms with van der Waals surface area (Å²) in [7, 11) is 0. The van der Waals surface area contributed by atoms with Gasteiger partial charge in [0.2, 0.25) is 3.79 Å². The molecule has 1 aromatic heterocycles. The van der Waals surface area contributed by atoms with Gasteiger partial charge in [-0.05, 0) is 50.2 Å². The summed E-state index contributed by atoms with van der Waals surface area (Å²) in [6.45, 7) is 3.67. The molecule has 27 heavy (non-hydrogen) atoms. The maximum atomic E-state index is 12.3. The molecule has 5 nitrogen and oxygen atoms in total. The molecule has 2 aromatic carbocycles. The standard InChI is InChI=1S/C19H15Cl3N4O/c1-11-3-5-14(6-4-11)17(27)25-15-9-7-13(8-10-15)16-23-12(2)24-18(26-16)19(20,21)22/h3-10H,1-2H3,(H,25,27). The first-order valence-corrected chi connectivity index (χ1v) is 9.14. The normalized spacial score (nSPS) is 11.3. The number of halogens is 3. The number of amides is 1. The summed E-state index contributed by atoms with van der Waals surface area (Å²) >= 11 is 17.6. The molecule has 0 radical (unpaired) electrons. The summed E-state index contributed by atoms with van der Waals surface area (Å²) in [5, 5.41) is 2.85. The largest absolute Gasteiger partial charge is 0.322 e. The van der Waals surface area contributed by atoms with E-state index in [-0.39, 0.29) is 11.7 Å². The smallest absolute Gasteiger partial charge is 0.255 e. The Hall–Kier alpha value is -2.21. The molecular formula is C19H15Cl3N4O. The van der Waals surface area contributed by atoms with E-state index in [1.54, 1.807) is 43.3 Å². The summed E-state index contributed by atoms with van der Waals surface area (Å²) in [5.41, 5.74) is 3.05. The van der Waals surface area contributed by atoms with E-state index < -0.39 is 3.79 Å². The molecule has 0 saturated heterocycles. The highest BCUT2D eigenvalue weighted by Crippen LogP contribution is 2.36. The topological polar surface area (TPSA) is 67.8 Å². The fourth-order valence-electron chi connectivity index (χ4n) is 2.35. The molecule has 0 aliphatic rings. The third-order valence-electron chi connectivity index (χ3n) is 3.72. The van der Waals surface area contributed by atoms with Gasteiger partial charge >= 0.3 is 0 Å². The van der Waals surface area contributed by atoms with E-state index in [0.29, 0.717) is 28.5 Å². The van der Waals surface area contributed by atoms with Gasteiger partial charge in [0.05, 0.1) is 0 Å². The number of nitrogens with zero attached hydrogens (tertiary/aromatic N) is 3. The molecule has 0 saturated carbocycles. The summed E-state index contributed by atoms with van der Waals surface area (Å²) in [6.07, 6.45) is 0. The van der Waals surface area contributed by atoms with Crippen LogP contribution in [0.4, 0.5) is 5.69 Å². The number of rotatable bonds is 3. The molecule has 0 bridgehead atoms. The highest BCUT2D eigenvalue weighted by molar-refractivity contribution is 6.66. The van der Waals surface area contributed by atoms with Crippen LogP contribution in [0.2, 0.25) is 0 Å². The minimum Gasteiger partial charge on any atom is -0.322 e. The number of carbonyl (C=O) groups excluding carboxylic acids is 1. The fourth-order valence-corrected chi connectivity index (χ4v) is 2.60. The van der Waals surface area contributed by atoms with Crippen molar-refractivity contribution in [1.82, 2.24) is 15.0 Å². The van der Waals surface area contributed by atoms with E-state index in [2.05, 4.69) is 20.3 Å². The van der Waals surface area contributed by atoms with E-state index in [0.717, 1.165) is 5.56 Å². The Kier molecular flexibility index (Phi) is 5.65.